The molecule has 0 bridgehead atoms. The molecule has 0 aromatic carbocycles. The molecule has 1 aromatic heterocycles. The van der Waals surface area contributed by atoms with Gasteiger partial charge in [-0.1, -0.05) is 11.6 Å². The number of aliphatic hydroxyl groups excluding tert-OH is 1. The molecule has 2 rings (SSSR count). The number of aromatic nitrogens is 2. The van der Waals surface area contributed by atoms with Gasteiger partial charge in [0.15, 0.2) is 0 Å². The maximum absolute atomic E-state index is 9.19. The minimum absolute atomic E-state index is 0.118. The lowest BCUT2D eigenvalue weighted by Crippen LogP contribution is -2.32. The van der Waals surface area contributed by atoms with Crippen LogP contribution in [0.2, 0.25) is 10.4 Å². The van der Waals surface area contributed by atoms with Gasteiger partial charge in [-0.2, -0.15) is 0 Å². The van der Waals surface area contributed by atoms with Crippen molar-refractivity contribution in [3.05, 3.63) is 16.5 Å². The summed E-state index contributed by atoms with van der Waals surface area (Å²) in [5, 5.41) is 9.65. The van der Waals surface area contributed by atoms with Gasteiger partial charge in [0.05, 0.1) is 12.6 Å². The Bertz CT molecular complexity index is 341. The van der Waals surface area contributed by atoms with Gasteiger partial charge in [0.1, 0.15) is 11.0 Å². The summed E-state index contributed by atoms with van der Waals surface area (Å²) in [6.45, 7) is 0.994. The molecule has 82 valence electrons. The summed E-state index contributed by atoms with van der Waals surface area (Å²) in [5.41, 5.74) is 0. The summed E-state index contributed by atoms with van der Waals surface area (Å²) in [4.78, 5) is 9.90. The highest BCUT2D eigenvalue weighted by Gasteiger charge is 2.25. The average molecular weight is 248 g/mol. The lowest BCUT2D eigenvalue weighted by atomic mass is 10.2. The fourth-order valence-electron chi connectivity index (χ4n) is 1.85. The van der Waals surface area contributed by atoms with Crippen LogP contribution in [0.15, 0.2) is 6.07 Å². The van der Waals surface area contributed by atoms with Gasteiger partial charge in [0, 0.05) is 12.6 Å². The molecule has 0 amide bonds. The first-order valence-corrected chi connectivity index (χ1v) is 5.54. The number of hydrogen-bond donors (Lipinski definition) is 1. The van der Waals surface area contributed by atoms with Crippen molar-refractivity contribution in [2.75, 3.05) is 18.1 Å². The predicted molar refractivity (Wildman–Crippen MR) is 59.5 cm³/mol. The second kappa shape index (κ2) is 4.51. The Morgan fingerprint density at radius 1 is 1.47 bits per heavy atom. The van der Waals surface area contributed by atoms with Gasteiger partial charge in [-0.05, 0) is 24.4 Å². The third-order valence-corrected chi connectivity index (χ3v) is 2.90. The fourth-order valence-corrected chi connectivity index (χ4v) is 2.25. The van der Waals surface area contributed by atoms with Gasteiger partial charge in [0.2, 0.25) is 5.28 Å². The molecule has 1 atom stereocenters. The van der Waals surface area contributed by atoms with Crippen LogP contribution in [0.5, 0.6) is 0 Å². The van der Waals surface area contributed by atoms with E-state index in [4.69, 9.17) is 23.2 Å². The molecule has 4 nitrogen and oxygen atoms in total. The number of nitrogens with zero attached hydrogens (tertiary/aromatic N) is 3. The van der Waals surface area contributed by atoms with Crippen LogP contribution in [0.4, 0.5) is 5.82 Å². The van der Waals surface area contributed by atoms with Gasteiger partial charge in [-0.15, -0.1) is 0 Å². The zero-order chi connectivity index (χ0) is 10.8. The SMILES string of the molecule is OCC1CCCN1c1cc(Cl)nc(Cl)n1. The lowest BCUT2D eigenvalue weighted by Gasteiger charge is -2.23. The number of halogens is 2. The van der Waals surface area contributed by atoms with E-state index in [0.29, 0.717) is 11.0 Å². The van der Waals surface area contributed by atoms with Crippen LogP contribution in [0.1, 0.15) is 12.8 Å². The van der Waals surface area contributed by atoms with Crippen LogP contribution in [0, 0.1) is 0 Å². The van der Waals surface area contributed by atoms with E-state index in [9.17, 15) is 5.11 Å². The molecule has 1 aliphatic heterocycles. The monoisotopic (exact) mass is 247 g/mol. The van der Waals surface area contributed by atoms with Crippen molar-refractivity contribution in [2.24, 2.45) is 0 Å². The molecule has 0 aliphatic carbocycles. The van der Waals surface area contributed by atoms with Crippen LogP contribution in [-0.4, -0.2) is 34.3 Å². The Balaban J connectivity index is 2.28. The molecule has 0 spiro atoms. The van der Waals surface area contributed by atoms with E-state index in [1.54, 1.807) is 6.07 Å². The van der Waals surface area contributed by atoms with Crippen molar-refractivity contribution < 1.29 is 5.11 Å². The maximum atomic E-state index is 9.19. The summed E-state index contributed by atoms with van der Waals surface area (Å²) >= 11 is 11.5. The van der Waals surface area contributed by atoms with Crippen LogP contribution in [-0.2, 0) is 0 Å². The number of hydrogen-bond acceptors (Lipinski definition) is 4. The van der Waals surface area contributed by atoms with Gasteiger partial charge in [-0.3, -0.25) is 0 Å². The molecule has 15 heavy (non-hydrogen) atoms. The van der Waals surface area contributed by atoms with Crippen molar-refractivity contribution in [2.45, 2.75) is 18.9 Å². The van der Waals surface area contributed by atoms with Gasteiger partial charge in [0.25, 0.3) is 0 Å². The highest BCUT2D eigenvalue weighted by atomic mass is 35.5. The average Bonchev–Trinajstić information content (AvgIpc) is 2.63. The smallest absolute Gasteiger partial charge is 0.225 e. The van der Waals surface area contributed by atoms with Crippen LogP contribution in [0.3, 0.4) is 0 Å². The molecule has 1 saturated heterocycles. The minimum atomic E-state index is 0.118. The van der Waals surface area contributed by atoms with E-state index >= 15 is 0 Å². The summed E-state index contributed by atoms with van der Waals surface area (Å²) < 4.78 is 0. The number of aliphatic hydroxyl groups is 1. The molecule has 6 heteroatoms. The summed E-state index contributed by atoms with van der Waals surface area (Å²) in [6.07, 6.45) is 2.01. The van der Waals surface area contributed by atoms with Crippen molar-refractivity contribution >= 4 is 29.0 Å². The summed E-state index contributed by atoms with van der Waals surface area (Å²) in [5.74, 6) is 0.691. The van der Waals surface area contributed by atoms with Gasteiger partial charge < -0.3 is 10.0 Å². The predicted octanol–water partition coefficient (Wildman–Crippen LogP) is 1.74. The molecule has 1 aromatic rings. The van der Waals surface area contributed by atoms with E-state index in [-0.39, 0.29) is 17.9 Å². The first kappa shape index (κ1) is 10.9. The Kier molecular flexibility index (Phi) is 3.29. The Morgan fingerprint density at radius 3 is 2.93 bits per heavy atom. The molecule has 1 N–H and O–H groups in total. The number of rotatable bonds is 2. The Labute approximate surface area is 97.9 Å². The second-order valence-electron chi connectivity index (χ2n) is 3.49. The first-order chi connectivity index (χ1) is 7.20. The van der Waals surface area contributed by atoms with E-state index in [2.05, 4.69) is 9.97 Å². The van der Waals surface area contributed by atoms with E-state index in [0.717, 1.165) is 19.4 Å². The standard InChI is InChI=1S/C9H11Cl2N3O/c10-7-4-8(13-9(11)12-7)14-3-1-2-6(14)5-15/h4,6,15H,1-3,5H2. The second-order valence-corrected chi connectivity index (χ2v) is 4.22. The molecule has 2 heterocycles. The largest absolute Gasteiger partial charge is 0.394 e. The molecular formula is C9H11Cl2N3O. The highest BCUT2D eigenvalue weighted by Crippen LogP contribution is 2.26. The molecule has 1 aliphatic rings. The van der Waals surface area contributed by atoms with Crippen LogP contribution < -0.4 is 4.90 Å². The topological polar surface area (TPSA) is 49.2 Å². The zero-order valence-corrected chi connectivity index (χ0v) is 9.54. The summed E-state index contributed by atoms with van der Waals surface area (Å²) in [6, 6.07) is 1.79. The molecule has 0 radical (unpaired) electrons. The summed E-state index contributed by atoms with van der Waals surface area (Å²) in [7, 11) is 0. The van der Waals surface area contributed by atoms with Crippen molar-refractivity contribution in [1.29, 1.82) is 0 Å². The van der Waals surface area contributed by atoms with Gasteiger partial charge >= 0.3 is 0 Å². The maximum Gasteiger partial charge on any atom is 0.225 e. The molecule has 1 fully saturated rings. The first-order valence-electron chi connectivity index (χ1n) is 4.78. The molecular weight excluding hydrogens is 237 g/mol. The van der Waals surface area contributed by atoms with Crippen LogP contribution >= 0.6 is 23.2 Å². The third kappa shape index (κ3) is 2.33. The quantitative estimate of drug-likeness (QED) is 0.639. The van der Waals surface area contributed by atoms with Crippen molar-refractivity contribution in [3.8, 4) is 0 Å². The van der Waals surface area contributed by atoms with Crippen LogP contribution in [0.25, 0.3) is 0 Å². The highest BCUT2D eigenvalue weighted by molar-refractivity contribution is 6.32. The third-order valence-electron chi connectivity index (χ3n) is 2.54. The lowest BCUT2D eigenvalue weighted by molar-refractivity contribution is 0.266. The fraction of sp³-hybridized carbons (Fsp3) is 0.556. The van der Waals surface area contributed by atoms with Crippen molar-refractivity contribution in [3.63, 3.8) is 0 Å². The van der Waals surface area contributed by atoms with E-state index in [1.165, 1.54) is 0 Å². The minimum Gasteiger partial charge on any atom is -0.394 e. The number of anilines is 1. The Morgan fingerprint density at radius 2 is 2.27 bits per heavy atom. The molecule has 0 saturated carbocycles. The Hall–Kier alpha value is -0.580. The van der Waals surface area contributed by atoms with E-state index in [1.807, 2.05) is 4.90 Å². The molecule has 1 unspecified atom stereocenters. The van der Waals surface area contributed by atoms with E-state index < -0.39 is 0 Å². The van der Waals surface area contributed by atoms with Crippen molar-refractivity contribution in [1.82, 2.24) is 9.97 Å². The van der Waals surface area contributed by atoms with Gasteiger partial charge in [-0.25, -0.2) is 9.97 Å². The normalized spacial score (nSPS) is 21.0. The zero-order valence-electron chi connectivity index (χ0n) is 8.03.